The highest BCUT2D eigenvalue weighted by Crippen LogP contribution is 2.26. The summed E-state index contributed by atoms with van der Waals surface area (Å²) in [5.41, 5.74) is 11.7. The fourth-order valence-corrected chi connectivity index (χ4v) is 3.02. The number of nitrogens with two attached hydrogens (primary N) is 1. The minimum absolute atomic E-state index is 0.115. The van der Waals surface area contributed by atoms with Gasteiger partial charge in [0.05, 0.1) is 23.6 Å². The molecule has 4 N–H and O–H groups in total. The van der Waals surface area contributed by atoms with Gasteiger partial charge in [-0.3, -0.25) is 4.79 Å². The van der Waals surface area contributed by atoms with Crippen LogP contribution in [-0.2, 0) is 6.42 Å². The lowest BCUT2D eigenvalue weighted by Gasteiger charge is -2.13. The van der Waals surface area contributed by atoms with Crippen molar-refractivity contribution in [3.8, 4) is 0 Å². The van der Waals surface area contributed by atoms with Crippen molar-refractivity contribution in [2.75, 3.05) is 18.9 Å². The second kappa shape index (κ2) is 8.05. The molecule has 1 aromatic carbocycles. The maximum Gasteiger partial charge on any atom is 0.253 e. The summed E-state index contributed by atoms with van der Waals surface area (Å²) >= 11 is 0. The monoisotopic (exact) mass is 364 g/mol. The number of nitrogens with zero attached hydrogens (tertiary/aromatic N) is 2. The molecule has 0 atom stereocenters. The molecule has 0 saturated heterocycles. The van der Waals surface area contributed by atoms with Crippen molar-refractivity contribution in [2.45, 2.75) is 20.3 Å². The molecule has 27 heavy (non-hydrogen) atoms. The predicted octanol–water partition coefficient (Wildman–Crippen LogP) is 2.51. The summed E-state index contributed by atoms with van der Waals surface area (Å²) in [6.07, 6.45) is 6.27. The van der Waals surface area contributed by atoms with Crippen LogP contribution in [0.15, 0.2) is 42.6 Å². The molecule has 2 aromatic heterocycles. The largest absolute Gasteiger partial charge is 0.395 e. The molecule has 0 saturated carbocycles. The van der Waals surface area contributed by atoms with Crippen LogP contribution in [0.1, 0.15) is 32.9 Å². The van der Waals surface area contributed by atoms with Crippen LogP contribution in [0, 0.1) is 13.8 Å². The number of pyridine rings is 1. The second-order valence-electron chi connectivity index (χ2n) is 6.41. The zero-order valence-corrected chi connectivity index (χ0v) is 15.6. The first-order valence-corrected chi connectivity index (χ1v) is 8.90. The zero-order valence-electron chi connectivity index (χ0n) is 15.6. The molecule has 0 bridgehead atoms. The van der Waals surface area contributed by atoms with Crippen LogP contribution in [-0.4, -0.2) is 33.6 Å². The number of nitrogens with one attached hydrogen (secondary N) is 1. The SMILES string of the molecule is Cc1nc2c(N)c(CC=Cc3ccccc3)c(C(=O)NCCO)cn2c1C. The number of aryl methyl sites for hydroxylation is 2. The Hall–Kier alpha value is -3.12. The van der Waals surface area contributed by atoms with Crippen molar-refractivity contribution >= 4 is 23.3 Å². The van der Waals surface area contributed by atoms with Gasteiger partial charge in [0.25, 0.3) is 5.91 Å². The highest BCUT2D eigenvalue weighted by molar-refractivity contribution is 5.98. The molecule has 0 aliphatic carbocycles. The number of allylic oxidation sites excluding steroid dienone is 1. The van der Waals surface area contributed by atoms with Gasteiger partial charge in [0, 0.05) is 18.4 Å². The Labute approximate surface area is 158 Å². The maximum absolute atomic E-state index is 12.6. The van der Waals surface area contributed by atoms with E-state index in [9.17, 15) is 4.79 Å². The maximum atomic E-state index is 12.6. The van der Waals surface area contributed by atoms with Gasteiger partial charge in [-0.25, -0.2) is 4.98 Å². The van der Waals surface area contributed by atoms with Gasteiger partial charge >= 0.3 is 0 Å². The van der Waals surface area contributed by atoms with Gasteiger partial charge in [0.2, 0.25) is 0 Å². The van der Waals surface area contributed by atoms with Crippen LogP contribution in [0.4, 0.5) is 5.69 Å². The number of carbonyl (C=O) groups is 1. The standard InChI is InChI=1S/C21H24N4O2/c1-14-15(2)25-13-18(21(27)23-11-12-26)17(19(22)20(25)24-14)10-6-9-16-7-4-3-5-8-16/h3-9,13,26H,10-12,22H2,1-2H3,(H,23,27). The Kier molecular flexibility index (Phi) is 5.57. The first kappa shape index (κ1) is 18.7. The number of hydrogen-bond donors (Lipinski definition) is 3. The number of benzene rings is 1. The Morgan fingerprint density at radius 2 is 2.04 bits per heavy atom. The van der Waals surface area contributed by atoms with Gasteiger partial charge in [-0.15, -0.1) is 0 Å². The molecule has 0 radical (unpaired) electrons. The fraction of sp³-hybridized carbons (Fsp3) is 0.238. The molecule has 0 fully saturated rings. The van der Waals surface area contributed by atoms with E-state index in [2.05, 4.69) is 10.3 Å². The fourth-order valence-electron chi connectivity index (χ4n) is 3.02. The number of anilines is 1. The van der Waals surface area contributed by atoms with E-state index in [4.69, 9.17) is 10.8 Å². The van der Waals surface area contributed by atoms with E-state index in [1.165, 1.54) is 0 Å². The molecule has 0 aliphatic heterocycles. The number of hydrogen-bond acceptors (Lipinski definition) is 4. The molecular formula is C21H24N4O2. The van der Waals surface area contributed by atoms with E-state index in [0.717, 1.165) is 22.5 Å². The average molecular weight is 364 g/mol. The van der Waals surface area contributed by atoms with E-state index in [1.54, 1.807) is 6.20 Å². The van der Waals surface area contributed by atoms with Gasteiger partial charge in [0.1, 0.15) is 0 Å². The Morgan fingerprint density at radius 3 is 2.74 bits per heavy atom. The molecule has 6 nitrogen and oxygen atoms in total. The van der Waals surface area contributed by atoms with Crippen LogP contribution in [0.25, 0.3) is 11.7 Å². The number of fused-ring (bicyclic) bond motifs is 1. The Bertz CT molecular complexity index is 991. The molecule has 0 aliphatic rings. The lowest BCUT2D eigenvalue weighted by Crippen LogP contribution is -2.28. The van der Waals surface area contributed by atoms with Crippen molar-refractivity contribution in [2.24, 2.45) is 0 Å². The number of aliphatic hydroxyl groups is 1. The quantitative estimate of drug-likeness (QED) is 0.627. The van der Waals surface area contributed by atoms with Crippen LogP contribution in [0.3, 0.4) is 0 Å². The molecule has 6 heteroatoms. The summed E-state index contributed by atoms with van der Waals surface area (Å²) in [7, 11) is 0. The van der Waals surface area contributed by atoms with Gasteiger partial charge in [-0.2, -0.15) is 0 Å². The summed E-state index contributed by atoms with van der Waals surface area (Å²) in [6.45, 7) is 3.94. The normalized spacial score (nSPS) is 11.4. The van der Waals surface area contributed by atoms with Crippen molar-refractivity contribution in [3.63, 3.8) is 0 Å². The third-order valence-electron chi connectivity index (χ3n) is 4.61. The molecule has 3 rings (SSSR count). The number of imidazole rings is 1. The molecule has 3 aromatic rings. The molecule has 0 unspecified atom stereocenters. The summed E-state index contributed by atoms with van der Waals surface area (Å²) < 4.78 is 1.85. The third-order valence-corrected chi connectivity index (χ3v) is 4.61. The van der Waals surface area contributed by atoms with Gasteiger partial charge in [-0.05, 0) is 31.4 Å². The average Bonchev–Trinajstić information content (AvgIpc) is 2.97. The Balaban J connectivity index is 2.03. The van der Waals surface area contributed by atoms with Crippen molar-refractivity contribution in [1.29, 1.82) is 0 Å². The molecule has 140 valence electrons. The molecule has 2 heterocycles. The Morgan fingerprint density at radius 1 is 1.30 bits per heavy atom. The topological polar surface area (TPSA) is 92.6 Å². The van der Waals surface area contributed by atoms with Crippen molar-refractivity contribution in [3.05, 3.63) is 70.7 Å². The first-order valence-electron chi connectivity index (χ1n) is 8.90. The van der Waals surface area contributed by atoms with E-state index in [-0.39, 0.29) is 19.1 Å². The molecule has 1 amide bonds. The van der Waals surface area contributed by atoms with Crippen LogP contribution < -0.4 is 11.1 Å². The highest BCUT2D eigenvalue weighted by atomic mass is 16.3. The van der Waals surface area contributed by atoms with E-state index in [1.807, 2.05) is 60.7 Å². The first-order chi connectivity index (χ1) is 13.0. The van der Waals surface area contributed by atoms with Crippen LogP contribution in [0.2, 0.25) is 0 Å². The zero-order chi connectivity index (χ0) is 19.4. The summed E-state index contributed by atoms with van der Waals surface area (Å²) in [6, 6.07) is 9.95. The molecular weight excluding hydrogens is 340 g/mol. The summed E-state index contributed by atoms with van der Waals surface area (Å²) in [4.78, 5) is 17.2. The van der Waals surface area contributed by atoms with Crippen molar-refractivity contribution in [1.82, 2.24) is 14.7 Å². The number of nitrogen functional groups attached to an aromatic ring is 1. The van der Waals surface area contributed by atoms with Crippen molar-refractivity contribution < 1.29 is 9.90 Å². The summed E-state index contributed by atoms with van der Waals surface area (Å²) in [5.74, 6) is -0.258. The number of amides is 1. The minimum Gasteiger partial charge on any atom is -0.395 e. The number of rotatable bonds is 6. The number of aliphatic hydroxyl groups excluding tert-OH is 1. The van der Waals surface area contributed by atoms with E-state index < -0.39 is 0 Å². The van der Waals surface area contributed by atoms with Gasteiger partial charge in [0.15, 0.2) is 5.65 Å². The minimum atomic E-state index is -0.258. The van der Waals surface area contributed by atoms with E-state index >= 15 is 0 Å². The smallest absolute Gasteiger partial charge is 0.253 e. The highest BCUT2D eigenvalue weighted by Gasteiger charge is 2.19. The van der Waals surface area contributed by atoms with Gasteiger partial charge < -0.3 is 20.6 Å². The predicted molar refractivity (Wildman–Crippen MR) is 108 cm³/mol. The summed E-state index contributed by atoms with van der Waals surface area (Å²) in [5, 5.41) is 11.7. The van der Waals surface area contributed by atoms with Gasteiger partial charge in [-0.1, -0.05) is 42.5 Å². The second-order valence-corrected chi connectivity index (χ2v) is 6.41. The lowest BCUT2D eigenvalue weighted by atomic mass is 10.0. The number of aromatic nitrogens is 2. The van der Waals surface area contributed by atoms with Crippen LogP contribution in [0.5, 0.6) is 0 Å². The third kappa shape index (κ3) is 3.85. The lowest BCUT2D eigenvalue weighted by molar-refractivity contribution is 0.0943. The van der Waals surface area contributed by atoms with Crippen LogP contribution >= 0.6 is 0 Å². The van der Waals surface area contributed by atoms with E-state index in [0.29, 0.717) is 23.3 Å². The molecule has 0 spiro atoms. The number of carbonyl (C=O) groups excluding carboxylic acids is 1.